The van der Waals surface area contributed by atoms with E-state index in [-0.39, 0.29) is 29.9 Å². The number of guanidine groups is 1. The van der Waals surface area contributed by atoms with Crippen molar-refractivity contribution in [2.24, 2.45) is 10.9 Å². The zero-order chi connectivity index (χ0) is 16.8. The van der Waals surface area contributed by atoms with Crippen LogP contribution in [0.15, 0.2) is 29.3 Å². The summed E-state index contributed by atoms with van der Waals surface area (Å²) >= 11 is 0. The van der Waals surface area contributed by atoms with E-state index in [2.05, 4.69) is 27.8 Å². The zero-order valence-electron chi connectivity index (χ0n) is 15.0. The number of amides is 1. The molecule has 0 atom stereocenters. The van der Waals surface area contributed by atoms with Gasteiger partial charge >= 0.3 is 0 Å². The molecule has 3 rings (SSSR count). The number of rotatable bonds is 7. The standard InChI is InChI=1S/C19H28N4O.HI/c1-20-19(21-12-2-4-15-6-7-15)22-14-16-8-10-17(11-9-16)23-13-3-5-18(23)24;/h8-11,15H,2-7,12-14H2,1H3,(H2,20,21,22);1H. The van der Waals surface area contributed by atoms with E-state index in [1.54, 1.807) is 7.05 Å². The lowest BCUT2D eigenvalue weighted by Crippen LogP contribution is -2.37. The fourth-order valence-corrected chi connectivity index (χ4v) is 3.13. The monoisotopic (exact) mass is 456 g/mol. The van der Waals surface area contributed by atoms with E-state index in [0.717, 1.165) is 43.6 Å². The van der Waals surface area contributed by atoms with Gasteiger partial charge in [-0.1, -0.05) is 25.0 Å². The lowest BCUT2D eigenvalue weighted by molar-refractivity contribution is -0.117. The second kappa shape index (κ2) is 9.99. The minimum atomic E-state index is 0. The third-order valence-electron chi connectivity index (χ3n) is 4.78. The van der Waals surface area contributed by atoms with Gasteiger partial charge in [0.05, 0.1) is 0 Å². The van der Waals surface area contributed by atoms with Gasteiger partial charge in [-0.2, -0.15) is 0 Å². The van der Waals surface area contributed by atoms with Gasteiger partial charge in [0.1, 0.15) is 0 Å². The quantitative estimate of drug-likeness (QED) is 0.287. The second-order valence-electron chi connectivity index (χ2n) is 6.75. The van der Waals surface area contributed by atoms with Gasteiger partial charge in [0.2, 0.25) is 5.91 Å². The van der Waals surface area contributed by atoms with Gasteiger partial charge in [-0.25, -0.2) is 0 Å². The van der Waals surface area contributed by atoms with Crippen LogP contribution in [0.5, 0.6) is 0 Å². The molecule has 138 valence electrons. The maximum absolute atomic E-state index is 11.8. The lowest BCUT2D eigenvalue weighted by Gasteiger charge is -2.16. The maximum Gasteiger partial charge on any atom is 0.227 e. The molecule has 6 heteroatoms. The third kappa shape index (κ3) is 6.17. The first kappa shape index (κ1) is 20.0. The molecule has 1 heterocycles. The van der Waals surface area contributed by atoms with Gasteiger partial charge in [0.15, 0.2) is 5.96 Å². The third-order valence-corrected chi connectivity index (χ3v) is 4.78. The summed E-state index contributed by atoms with van der Waals surface area (Å²) in [6.45, 7) is 2.55. The van der Waals surface area contributed by atoms with Crippen molar-refractivity contribution in [1.82, 2.24) is 10.6 Å². The van der Waals surface area contributed by atoms with Crippen molar-refractivity contribution in [1.29, 1.82) is 0 Å². The first-order valence-corrected chi connectivity index (χ1v) is 9.10. The van der Waals surface area contributed by atoms with Gasteiger partial charge in [-0.3, -0.25) is 9.79 Å². The number of anilines is 1. The highest BCUT2D eigenvalue weighted by molar-refractivity contribution is 14.0. The van der Waals surface area contributed by atoms with Crippen molar-refractivity contribution in [3.05, 3.63) is 29.8 Å². The van der Waals surface area contributed by atoms with Crippen LogP contribution in [0.1, 0.15) is 44.1 Å². The van der Waals surface area contributed by atoms with Gasteiger partial charge in [-0.05, 0) is 42.9 Å². The predicted octanol–water partition coefficient (Wildman–Crippen LogP) is 3.29. The van der Waals surface area contributed by atoms with Crippen LogP contribution in [-0.2, 0) is 11.3 Å². The van der Waals surface area contributed by atoms with Crippen LogP contribution in [0.25, 0.3) is 0 Å². The van der Waals surface area contributed by atoms with Crippen molar-refractivity contribution >= 4 is 41.5 Å². The van der Waals surface area contributed by atoms with E-state index in [1.165, 1.54) is 31.2 Å². The van der Waals surface area contributed by atoms with E-state index < -0.39 is 0 Å². The molecule has 1 aromatic carbocycles. The Kier molecular flexibility index (Phi) is 7.99. The number of carbonyl (C=O) groups excluding carboxylic acids is 1. The normalized spacial score (nSPS) is 17.4. The fraction of sp³-hybridized carbons (Fsp3) is 0.579. The molecule has 1 saturated carbocycles. The highest BCUT2D eigenvalue weighted by atomic mass is 127. The van der Waals surface area contributed by atoms with E-state index >= 15 is 0 Å². The Hall–Kier alpha value is -1.31. The largest absolute Gasteiger partial charge is 0.356 e. The molecule has 0 spiro atoms. The lowest BCUT2D eigenvalue weighted by atomic mass is 10.2. The Labute approximate surface area is 167 Å². The van der Waals surface area contributed by atoms with Gasteiger partial charge in [-0.15, -0.1) is 24.0 Å². The first-order chi connectivity index (χ1) is 11.8. The van der Waals surface area contributed by atoms with Crippen LogP contribution in [0.4, 0.5) is 5.69 Å². The predicted molar refractivity (Wildman–Crippen MR) is 114 cm³/mol. The molecule has 5 nitrogen and oxygen atoms in total. The molecule has 1 aliphatic heterocycles. The SMILES string of the molecule is CN=C(NCCCC1CC1)NCc1ccc(N2CCCC2=O)cc1.I. The summed E-state index contributed by atoms with van der Waals surface area (Å²) in [4.78, 5) is 17.9. The Morgan fingerprint density at radius 1 is 1.24 bits per heavy atom. The molecule has 0 radical (unpaired) electrons. The summed E-state index contributed by atoms with van der Waals surface area (Å²) in [7, 11) is 1.80. The van der Waals surface area contributed by atoms with Gasteiger partial charge in [0, 0.05) is 38.8 Å². The summed E-state index contributed by atoms with van der Waals surface area (Å²) in [5.41, 5.74) is 2.19. The molecule has 25 heavy (non-hydrogen) atoms. The van der Waals surface area contributed by atoms with Crippen molar-refractivity contribution in [3.63, 3.8) is 0 Å². The van der Waals surface area contributed by atoms with E-state index in [9.17, 15) is 4.79 Å². The molecule has 1 aliphatic carbocycles. The molecule has 2 aliphatic rings. The topological polar surface area (TPSA) is 56.7 Å². The van der Waals surface area contributed by atoms with Crippen LogP contribution >= 0.6 is 24.0 Å². The Morgan fingerprint density at radius 2 is 2.00 bits per heavy atom. The molecule has 1 amide bonds. The molecule has 0 bridgehead atoms. The van der Waals surface area contributed by atoms with Crippen molar-refractivity contribution in [3.8, 4) is 0 Å². The summed E-state index contributed by atoms with van der Waals surface area (Å²) in [5, 5.41) is 6.72. The van der Waals surface area contributed by atoms with Gasteiger partial charge in [0.25, 0.3) is 0 Å². The molecular formula is C19H29IN4O. The van der Waals surface area contributed by atoms with Crippen LogP contribution in [-0.4, -0.2) is 32.0 Å². The fourth-order valence-electron chi connectivity index (χ4n) is 3.13. The van der Waals surface area contributed by atoms with Gasteiger partial charge < -0.3 is 15.5 Å². The average Bonchev–Trinajstić information content (AvgIpc) is 3.34. The Balaban J connectivity index is 0.00000225. The summed E-state index contributed by atoms with van der Waals surface area (Å²) in [5.74, 6) is 2.07. The minimum Gasteiger partial charge on any atom is -0.356 e. The highest BCUT2D eigenvalue weighted by Gasteiger charge is 2.21. The molecular weight excluding hydrogens is 427 g/mol. The van der Waals surface area contributed by atoms with Crippen molar-refractivity contribution in [2.45, 2.75) is 45.1 Å². The Morgan fingerprint density at radius 3 is 2.60 bits per heavy atom. The smallest absolute Gasteiger partial charge is 0.227 e. The Bertz CT molecular complexity index is 584. The number of halogens is 1. The maximum atomic E-state index is 11.8. The highest BCUT2D eigenvalue weighted by Crippen LogP contribution is 2.33. The van der Waals surface area contributed by atoms with Crippen LogP contribution in [0.3, 0.4) is 0 Å². The molecule has 2 fully saturated rings. The van der Waals surface area contributed by atoms with Crippen LogP contribution < -0.4 is 15.5 Å². The van der Waals surface area contributed by atoms with Crippen LogP contribution in [0.2, 0.25) is 0 Å². The summed E-state index contributed by atoms with van der Waals surface area (Å²) in [6.07, 6.45) is 7.03. The zero-order valence-corrected chi connectivity index (χ0v) is 17.3. The van der Waals surface area contributed by atoms with E-state index in [0.29, 0.717) is 6.42 Å². The summed E-state index contributed by atoms with van der Waals surface area (Å²) in [6, 6.07) is 8.22. The molecule has 1 saturated heterocycles. The molecule has 2 N–H and O–H groups in total. The number of carbonyl (C=O) groups is 1. The number of nitrogens with zero attached hydrogens (tertiary/aromatic N) is 2. The van der Waals surface area contributed by atoms with E-state index in [1.807, 2.05) is 17.0 Å². The number of aliphatic imine (C=N–C) groups is 1. The second-order valence-corrected chi connectivity index (χ2v) is 6.75. The number of hydrogen-bond acceptors (Lipinski definition) is 2. The minimum absolute atomic E-state index is 0. The molecule has 0 unspecified atom stereocenters. The average molecular weight is 456 g/mol. The molecule has 1 aromatic rings. The number of benzene rings is 1. The van der Waals surface area contributed by atoms with E-state index in [4.69, 9.17) is 0 Å². The van der Waals surface area contributed by atoms with Crippen molar-refractivity contribution < 1.29 is 4.79 Å². The summed E-state index contributed by atoms with van der Waals surface area (Å²) < 4.78 is 0. The molecule has 0 aromatic heterocycles. The first-order valence-electron chi connectivity index (χ1n) is 9.10. The number of hydrogen-bond donors (Lipinski definition) is 2. The van der Waals surface area contributed by atoms with Crippen molar-refractivity contribution in [2.75, 3.05) is 25.0 Å². The number of nitrogens with one attached hydrogen (secondary N) is 2. The van der Waals surface area contributed by atoms with Crippen LogP contribution in [0, 0.1) is 5.92 Å².